The predicted octanol–water partition coefficient (Wildman–Crippen LogP) is 0.0485. The summed E-state index contributed by atoms with van der Waals surface area (Å²) in [6.07, 6.45) is -6.80. The van der Waals surface area contributed by atoms with E-state index in [2.05, 4.69) is 34.4 Å². The number of thioether (sulfide) groups is 1. The van der Waals surface area contributed by atoms with Crippen LogP contribution in [-0.4, -0.2) is 134 Å². The smallest absolute Gasteiger partial charge is 0.393 e. The van der Waals surface area contributed by atoms with E-state index in [1.54, 1.807) is 0 Å². The summed E-state index contributed by atoms with van der Waals surface area (Å²) < 4.78 is 62.2. The Morgan fingerprint density at radius 1 is 1.00 bits per heavy atom. The highest BCUT2D eigenvalue weighted by Crippen LogP contribution is 2.61. The summed E-state index contributed by atoms with van der Waals surface area (Å²) in [5, 5.41) is 36.3. The van der Waals surface area contributed by atoms with E-state index in [0.717, 1.165) is 34.5 Å². The summed E-state index contributed by atoms with van der Waals surface area (Å²) in [6, 6.07) is 9.53. The molecule has 29 heteroatoms. The third kappa shape index (κ3) is 15.8. The van der Waals surface area contributed by atoms with Gasteiger partial charge in [0.15, 0.2) is 22.8 Å². The number of phosphoric ester groups is 3. The van der Waals surface area contributed by atoms with E-state index >= 15 is 0 Å². The molecule has 2 unspecified atom stereocenters. The topological polar surface area (TPSA) is 384 Å². The first kappa shape index (κ1) is 50.4. The third-order valence-corrected chi connectivity index (χ3v) is 12.8. The first-order chi connectivity index (χ1) is 28.5. The molecule has 61 heavy (non-hydrogen) atoms. The highest BCUT2D eigenvalue weighted by Gasteiger charge is 2.50. The Hall–Kier alpha value is -3.26. The van der Waals surface area contributed by atoms with E-state index < -0.39 is 90.7 Å². The summed E-state index contributed by atoms with van der Waals surface area (Å²) in [7, 11) is -16.4. The number of aromatic nitrogens is 4. The van der Waals surface area contributed by atoms with Crippen LogP contribution in [0, 0.1) is 5.41 Å². The van der Waals surface area contributed by atoms with Crippen molar-refractivity contribution in [3.8, 4) is 0 Å². The lowest BCUT2D eigenvalue weighted by atomic mass is 9.87. The summed E-state index contributed by atoms with van der Waals surface area (Å²) in [5.41, 5.74) is 5.28. The molecule has 3 heterocycles. The van der Waals surface area contributed by atoms with Gasteiger partial charge in [0.2, 0.25) is 11.8 Å². The lowest BCUT2D eigenvalue weighted by Crippen LogP contribution is -2.46. The maximum Gasteiger partial charge on any atom is 0.481 e. The lowest BCUT2D eigenvalue weighted by molar-refractivity contribution is -0.137. The summed E-state index contributed by atoms with van der Waals surface area (Å²) in [4.78, 5) is 88.0. The maximum atomic E-state index is 12.7. The molecule has 11 N–H and O–H groups in total. The van der Waals surface area contributed by atoms with Crippen molar-refractivity contribution in [2.45, 2.75) is 76.3 Å². The van der Waals surface area contributed by atoms with Crippen LogP contribution in [0.15, 0.2) is 43.0 Å². The maximum absolute atomic E-state index is 12.7. The Bertz CT molecular complexity index is 2110. The van der Waals surface area contributed by atoms with Gasteiger partial charge >= 0.3 is 23.5 Å². The fraction of sp³-hybridized carbons (Fsp3) is 0.562. The number of imidazole rings is 1. The molecule has 1 aliphatic heterocycles. The van der Waals surface area contributed by atoms with E-state index in [1.807, 2.05) is 30.3 Å². The largest absolute Gasteiger partial charge is 0.481 e. The van der Waals surface area contributed by atoms with Crippen molar-refractivity contribution in [2.75, 3.05) is 37.8 Å². The van der Waals surface area contributed by atoms with Crippen LogP contribution in [-0.2, 0) is 57.1 Å². The summed E-state index contributed by atoms with van der Waals surface area (Å²) >= 11 is 0.960. The van der Waals surface area contributed by atoms with E-state index in [1.165, 1.54) is 13.8 Å². The highest BCUT2D eigenvalue weighted by atomic mass is 32.2. The van der Waals surface area contributed by atoms with Crippen LogP contribution in [0.5, 0.6) is 0 Å². The highest BCUT2D eigenvalue weighted by molar-refractivity contribution is 8.13. The van der Waals surface area contributed by atoms with Gasteiger partial charge in [-0.05, 0) is 18.4 Å². The predicted molar refractivity (Wildman–Crippen MR) is 212 cm³/mol. The summed E-state index contributed by atoms with van der Waals surface area (Å²) in [6.45, 7) is 0.341. The fourth-order valence-electron chi connectivity index (χ4n) is 5.63. The molecule has 1 aliphatic rings. The number of nitrogens with one attached hydrogen (secondary N) is 2. The molecule has 2 aromatic heterocycles. The van der Waals surface area contributed by atoms with Gasteiger partial charge in [-0.3, -0.25) is 32.5 Å². The van der Waals surface area contributed by atoms with Gasteiger partial charge in [0.05, 0.1) is 25.6 Å². The molecule has 340 valence electrons. The van der Waals surface area contributed by atoms with Gasteiger partial charge in [-0.15, -0.1) is 0 Å². The number of carbonyl (C=O) groups is 3. The second-order valence-electron chi connectivity index (χ2n) is 14.2. The number of anilines is 1. The second kappa shape index (κ2) is 21.9. The molecule has 3 aromatic rings. The van der Waals surface area contributed by atoms with Crippen LogP contribution in [0.25, 0.3) is 11.2 Å². The average molecular weight is 944 g/mol. The molecular formula is C32H48N7O18P3S. The van der Waals surface area contributed by atoms with Crippen molar-refractivity contribution < 1.29 is 85.6 Å². The number of hydrogen-bond donors (Lipinski definition) is 10. The Morgan fingerprint density at radius 3 is 2.38 bits per heavy atom. The fourth-order valence-corrected chi connectivity index (χ4v) is 9.20. The molecule has 1 saturated heterocycles. The van der Waals surface area contributed by atoms with Crippen LogP contribution >= 0.6 is 35.2 Å². The zero-order chi connectivity index (χ0) is 45.2. The van der Waals surface area contributed by atoms with Crippen molar-refractivity contribution >= 4 is 69.1 Å². The van der Waals surface area contributed by atoms with Crippen molar-refractivity contribution in [3.63, 3.8) is 0 Å². The minimum absolute atomic E-state index is 0.0250. The molecule has 4 rings (SSSR count). The number of fused-ring (bicyclic) bond motifs is 1. The molecular weight excluding hydrogens is 895 g/mol. The molecule has 0 spiro atoms. The number of amides is 2. The number of aryl methyl sites for hydroxylation is 1. The molecule has 2 amide bonds. The minimum Gasteiger partial charge on any atom is -0.393 e. The number of phosphoric acid groups is 3. The quantitative estimate of drug-likeness (QED) is 0.0419. The van der Waals surface area contributed by atoms with Gasteiger partial charge in [0, 0.05) is 37.1 Å². The minimum atomic E-state index is -5.59. The third-order valence-electron chi connectivity index (χ3n) is 8.78. The van der Waals surface area contributed by atoms with Crippen LogP contribution in [0.1, 0.15) is 44.9 Å². The molecule has 0 bridgehead atoms. The standard InChI is InChI=1S/C32H48N7O18P3S/c1-32(2,27(44)30(45)35-11-10-22(41)34-12-13-61-23(42)14-20(40)9-8-19-6-4-3-5-7-19)16-54-60(51,52)57-59(49,50)53-15-21-26(56-58(46,47)48)25(43)31(55-21)39-18-38-24-28(33)36-17-37-29(24)39/h3-7,17-18,20-21,25-27,31,40,43-44H,8-16H2,1-2H3,(H,34,41)(H,35,45)(H,49,50)(H,51,52)(H2,33,36,37)(H2,46,47,48)/t20-,21-,25-,26-,27+,31-/m1/s1. The monoisotopic (exact) mass is 943 g/mol. The molecule has 1 aromatic carbocycles. The number of hydrogen-bond acceptors (Lipinski definition) is 19. The first-order valence-corrected chi connectivity index (χ1v) is 23.7. The van der Waals surface area contributed by atoms with Crippen molar-refractivity contribution in [1.29, 1.82) is 0 Å². The van der Waals surface area contributed by atoms with Crippen molar-refractivity contribution in [2.24, 2.45) is 5.41 Å². The zero-order valence-electron chi connectivity index (χ0n) is 32.6. The van der Waals surface area contributed by atoms with Crippen molar-refractivity contribution in [1.82, 2.24) is 30.2 Å². The number of aliphatic hydroxyl groups excluding tert-OH is 3. The number of rotatable bonds is 24. The van der Waals surface area contributed by atoms with Crippen LogP contribution in [0.3, 0.4) is 0 Å². The van der Waals surface area contributed by atoms with Crippen LogP contribution in [0.2, 0.25) is 0 Å². The van der Waals surface area contributed by atoms with Gasteiger partial charge in [-0.1, -0.05) is 55.9 Å². The number of carbonyl (C=O) groups excluding carboxylic acids is 3. The van der Waals surface area contributed by atoms with Crippen molar-refractivity contribution in [3.05, 3.63) is 48.5 Å². The molecule has 8 atom stereocenters. The zero-order valence-corrected chi connectivity index (χ0v) is 36.1. The number of aliphatic hydroxyl groups is 3. The molecule has 25 nitrogen and oxygen atoms in total. The Balaban J connectivity index is 1.17. The van der Waals surface area contributed by atoms with Gasteiger partial charge < -0.3 is 56.0 Å². The molecule has 0 radical (unpaired) electrons. The SMILES string of the molecule is CC(C)(COP(=O)(O)OP(=O)(O)OC[C@H]1O[C@@H](n2cnc3c(N)ncnc32)[C@H](O)[C@@H]1OP(=O)(O)O)[C@@H](O)C(=O)NCCC(=O)NCCSC(=O)C[C@H](O)CCc1ccccc1. The van der Waals surface area contributed by atoms with E-state index in [4.69, 9.17) is 19.5 Å². The first-order valence-electron chi connectivity index (χ1n) is 18.2. The number of ether oxygens (including phenoxy) is 1. The Labute approximate surface area is 352 Å². The Morgan fingerprint density at radius 2 is 1.69 bits per heavy atom. The number of benzene rings is 1. The molecule has 1 fully saturated rings. The van der Waals surface area contributed by atoms with Crippen LogP contribution < -0.4 is 16.4 Å². The van der Waals surface area contributed by atoms with Crippen LogP contribution in [0.4, 0.5) is 5.82 Å². The summed E-state index contributed by atoms with van der Waals surface area (Å²) in [5.74, 6) is -1.27. The second-order valence-corrected chi connectivity index (χ2v) is 19.6. The van der Waals surface area contributed by atoms with Gasteiger partial charge in [-0.25, -0.2) is 28.6 Å². The number of nitrogen functional groups attached to an aromatic ring is 1. The average Bonchev–Trinajstić information content (AvgIpc) is 3.74. The van der Waals surface area contributed by atoms with Gasteiger partial charge in [-0.2, -0.15) is 4.31 Å². The van der Waals surface area contributed by atoms with Gasteiger partial charge in [0.25, 0.3) is 0 Å². The molecule has 0 aliphatic carbocycles. The van der Waals surface area contributed by atoms with Gasteiger partial charge in [0.1, 0.15) is 36.3 Å². The lowest BCUT2D eigenvalue weighted by Gasteiger charge is -2.30. The number of nitrogens with two attached hydrogens (primary N) is 1. The van der Waals surface area contributed by atoms with E-state index in [9.17, 15) is 63.0 Å². The Kier molecular flexibility index (Phi) is 18.1. The number of nitrogens with zero attached hydrogens (tertiary/aromatic N) is 4. The van der Waals surface area contributed by atoms with E-state index in [-0.39, 0.29) is 53.8 Å². The van der Waals surface area contributed by atoms with E-state index in [0.29, 0.717) is 12.8 Å². The normalized spacial score (nSPS) is 21.3. The molecule has 0 saturated carbocycles.